The fourth-order valence-corrected chi connectivity index (χ4v) is 4.44. The number of nitrogens with one attached hydrogen (secondary N) is 1. The molecule has 2 amide bonds. The molecule has 1 saturated carbocycles. The normalized spacial score (nSPS) is 20.0. The topological polar surface area (TPSA) is 103 Å². The van der Waals surface area contributed by atoms with Gasteiger partial charge in [0.1, 0.15) is 0 Å². The summed E-state index contributed by atoms with van der Waals surface area (Å²) in [4.78, 5) is 40.2. The van der Waals surface area contributed by atoms with Crippen LogP contribution in [0.25, 0.3) is 0 Å². The Morgan fingerprint density at radius 3 is 2.59 bits per heavy atom. The van der Waals surface area contributed by atoms with Gasteiger partial charge < -0.3 is 29.2 Å². The Labute approximate surface area is 187 Å². The molecule has 1 aliphatic carbocycles. The average molecular weight is 447 g/mol. The Morgan fingerprint density at radius 2 is 1.84 bits per heavy atom. The molecule has 1 aromatic rings. The lowest BCUT2D eigenvalue weighted by atomic mass is 9.82. The van der Waals surface area contributed by atoms with Crippen LogP contribution in [0.2, 0.25) is 0 Å². The van der Waals surface area contributed by atoms with Gasteiger partial charge in [-0.1, -0.05) is 18.9 Å². The number of amides is 2. The summed E-state index contributed by atoms with van der Waals surface area (Å²) < 4.78 is 21.5. The first kappa shape index (κ1) is 22.4. The molecular formula is C23H30N2O7. The quantitative estimate of drug-likeness (QED) is 0.637. The minimum Gasteiger partial charge on any atom is -0.454 e. The number of esters is 1. The molecule has 2 fully saturated rings. The van der Waals surface area contributed by atoms with Gasteiger partial charge in [0.05, 0.1) is 18.6 Å². The number of hydrogen-bond acceptors (Lipinski definition) is 7. The molecular weight excluding hydrogens is 416 g/mol. The van der Waals surface area contributed by atoms with Gasteiger partial charge in [-0.25, -0.2) is 0 Å². The highest BCUT2D eigenvalue weighted by atomic mass is 16.7. The van der Waals surface area contributed by atoms with Crippen LogP contribution in [0.5, 0.6) is 11.5 Å². The van der Waals surface area contributed by atoms with E-state index in [0.717, 1.165) is 18.4 Å². The minimum absolute atomic E-state index is 0.0490. The van der Waals surface area contributed by atoms with E-state index in [1.165, 1.54) is 0 Å². The molecule has 0 radical (unpaired) electrons. The molecule has 0 unspecified atom stereocenters. The van der Waals surface area contributed by atoms with Gasteiger partial charge in [0.15, 0.2) is 17.6 Å². The maximum atomic E-state index is 13.1. The van der Waals surface area contributed by atoms with Crippen LogP contribution in [0.3, 0.4) is 0 Å². The molecule has 3 aliphatic rings. The number of carbonyl (C=O) groups excluding carboxylic acids is 3. The highest BCUT2D eigenvalue weighted by Crippen LogP contribution is 2.43. The highest BCUT2D eigenvalue weighted by Gasteiger charge is 2.46. The molecule has 1 N–H and O–H groups in total. The van der Waals surface area contributed by atoms with Gasteiger partial charge in [0, 0.05) is 26.1 Å². The molecule has 9 heteroatoms. The van der Waals surface area contributed by atoms with Crippen molar-refractivity contribution in [2.45, 2.75) is 51.7 Å². The summed E-state index contributed by atoms with van der Waals surface area (Å²) in [5.74, 6) is 0.429. The van der Waals surface area contributed by atoms with Crippen LogP contribution < -0.4 is 14.8 Å². The Hall–Kier alpha value is -2.81. The van der Waals surface area contributed by atoms with Crippen LogP contribution in [-0.2, 0) is 30.4 Å². The second-order valence-corrected chi connectivity index (χ2v) is 8.61. The third-order valence-corrected chi connectivity index (χ3v) is 6.40. The summed E-state index contributed by atoms with van der Waals surface area (Å²) in [6.45, 7) is 4.14. The number of ether oxygens (including phenoxy) is 4. The zero-order chi connectivity index (χ0) is 22.6. The third-order valence-electron chi connectivity index (χ3n) is 6.40. The van der Waals surface area contributed by atoms with Crippen molar-refractivity contribution in [1.82, 2.24) is 10.2 Å². The average Bonchev–Trinajstić information content (AvgIpc) is 3.47. The molecule has 9 nitrogen and oxygen atoms in total. The van der Waals surface area contributed by atoms with Crippen molar-refractivity contribution >= 4 is 17.8 Å². The Balaban J connectivity index is 1.31. The van der Waals surface area contributed by atoms with Crippen molar-refractivity contribution in [2.24, 2.45) is 5.41 Å². The molecule has 0 spiro atoms. The summed E-state index contributed by atoms with van der Waals surface area (Å²) >= 11 is 0. The molecule has 1 saturated heterocycles. The van der Waals surface area contributed by atoms with Crippen LogP contribution in [0.15, 0.2) is 18.2 Å². The van der Waals surface area contributed by atoms with E-state index in [2.05, 4.69) is 5.32 Å². The summed E-state index contributed by atoms with van der Waals surface area (Å²) in [5.41, 5.74) is 0.00541. The Kier molecular flexibility index (Phi) is 6.83. The number of benzene rings is 1. The number of morpholine rings is 1. The van der Waals surface area contributed by atoms with Gasteiger partial charge in [-0.3, -0.25) is 14.4 Å². The third kappa shape index (κ3) is 4.98. The van der Waals surface area contributed by atoms with E-state index in [4.69, 9.17) is 18.9 Å². The van der Waals surface area contributed by atoms with E-state index >= 15 is 0 Å². The zero-order valence-corrected chi connectivity index (χ0v) is 18.4. The fraction of sp³-hybridized carbons (Fsp3) is 0.609. The Bertz CT molecular complexity index is 860. The van der Waals surface area contributed by atoms with E-state index < -0.39 is 17.5 Å². The van der Waals surface area contributed by atoms with Crippen LogP contribution in [-0.4, -0.2) is 61.9 Å². The van der Waals surface area contributed by atoms with Crippen molar-refractivity contribution in [3.8, 4) is 11.5 Å². The number of nitrogens with zero attached hydrogens (tertiary/aromatic N) is 1. The van der Waals surface area contributed by atoms with E-state index in [9.17, 15) is 14.4 Å². The monoisotopic (exact) mass is 446 g/mol. The highest BCUT2D eigenvalue weighted by molar-refractivity contribution is 5.89. The minimum atomic E-state index is -0.951. The van der Waals surface area contributed by atoms with Crippen molar-refractivity contribution in [3.63, 3.8) is 0 Å². The van der Waals surface area contributed by atoms with Gasteiger partial charge >= 0.3 is 5.97 Å². The van der Waals surface area contributed by atoms with E-state index in [1.807, 2.05) is 12.1 Å². The fourth-order valence-electron chi connectivity index (χ4n) is 4.44. The van der Waals surface area contributed by atoms with Gasteiger partial charge in [0.2, 0.25) is 12.7 Å². The summed E-state index contributed by atoms with van der Waals surface area (Å²) in [6, 6.07) is 5.45. The summed E-state index contributed by atoms with van der Waals surface area (Å²) in [5, 5.41) is 2.79. The lowest BCUT2D eigenvalue weighted by Crippen LogP contribution is -2.45. The van der Waals surface area contributed by atoms with Crippen molar-refractivity contribution in [1.29, 1.82) is 0 Å². The second-order valence-electron chi connectivity index (χ2n) is 8.61. The lowest BCUT2D eigenvalue weighted by Gasteiger charge is -2.32. The van der Waals surface area contributed by atoms with E-state index in [1.54, 1.807) is 17.9 Å². The molecule has 174 valence electrons. The molecule has 1 atom stereocenters. The van der Waals surface area contributed by atoms with Gasteiger partial charge in [-0.05, 0) is 37.5 Å². The maximum Gasteiger partial charge on any atom is 0.313 e. The van der Waals surface area contributed by atoms with Gasteiger partial charge in [-0.2, -0.15) is 0 Å². The first-order valence-corrected chi connectivity index (χ1v) is 11.2. The smallest absolute Gasteiger partial charge is 0.313 e. The largest absolute Gasteiger partial charge is 0.454 e. The van der Waals surface area contributed by atoms with Gasteiger partial charge in [-0.15, -0.1) is 0 Å². The number of rotatable bonds is 7. The summed E-state index contributed by atoms with van der Waals surface area (Å²) in [6.07, 6.45) is 2.12. The molecule has 0 aromatic heterocycles. The van der Waals surface area contributed by atoms with Crippen LogP contribution in [0.1, 0.15) is 44.6 Å². The molecule has 0 bridgehead atoms. The van der Waals surface area contributed by atoms with Gasteiger partial charge in [0.25, 0.3) is 5.91 Å². The number of hydrogen-bond donors (Lipinski definition) is 1. The number of carbonyl (C=O) groups is 3. The lowest BCUT2D eigenvalue weighted by molar-refractivity contribution is -0.167. The zero-order valence-electron chi connectivity index (χ0n) is 18.4. The standard InChI is InChI=1S/C23H30N2O7/c1-16(21(27)24-14-17-4-5-18-19(12-17)31-15-30-18)32-22(28)23(6-2-3-7-23)13-20(26)25-8-10-29-11-9-25/h4-5,12,16H,2-3,6-11,13-15H2,1H3,(H,24,27)/t16-/m0/s1. The molecule has 32 heavy (non-hydrogen) atoms. The molecule has 4 rings (SSSR count). The molecule has 2 aliphatic heterocycles. The van der Waals surface area contributed by atoms with E-state index in [0.29, 0.717) is 50.6 Å². The summed E-state index contributed by atoms with van der Waals surface area (Å²) in [7, 11) is 0. The molecule has 1 aromatic carbocycles. The first-order valence-electron chi connectivity index (χ1n) is 11.2. The maximum absolute atomic E-state index is 13.1. The van der Waals surface area contributed by atoms with Crippen LogP contribution in [0.4, 0.5) is 0 Å². The Morgan fingerprint density at radius 1 is 1.12 bits per heavy atom. The van der Waals surface area contributed by atoms with Crippen molar-refractivity contribution in [2.75, 3.05) is 33.1 Å². The SMILES string of the molecule is C[C@H](OC(=O)C1(CC(=O)N2CCOCC2)CCCC1)C(=O)NCc1ccc2c(c1)OCO2. The van der Waals surface area contributed by atoms with Crippen molar-refractivity contribution < 1.29 is 33.3 Å². The predicted octanol–water partition coefficient (Wildman–Crippen LogP) is 1.77. The van der Waals surface area contributed by atoms with E-state index in [-0.39, 0.29) is 31.6 Å². The predicted molar refractivity (Wildman–Crippen MR) is 113 cm³/mol. The number of fused-ring (bicyclic) bond motifs is 1. The second kappa shape index (κ2) is 9.77. The first-order chi connectivity index (χ1) is 15.5. The molecule has 2 heterocycles. The van der Waals surface area contributed by atoms with Crippen LogP contribution in [0, 0.1) is 5.41 Å². The van der Waals surface area contributed by atoms with Crippen LogP contribution >= 0.6 is 0 Å². The van der Waals surface area contributed by atoms with Crippen molar-refractivity contribution in [3.05, 3.63) is 23.8 Å².